The molecule has 23 heavy (non-hydrogen) atoms. The van der Waals surface area contributed by atoms with Crippen molar-refractivity contribution in [1.82, 2.24) is 20.2 Å². The van der Waals surface area contributed by atoms with E-state index in [1.165, 1.54) is 23.9 Å². The molecule has 6 heteroatoms. The van der Waals surface area contributed by atoms with Gasteiger partial charge in [-0.05, 0) is 36.6 Å². The fraction of sp³-hybridized carbons (Fsp3) is 0.412. The van der Waals surface area contributed by atoms with Crippen molar-refractivity contribution in [1.29, 1.82) is 0 Å². The third kappa shape index (κ3) is 3.27. The number of aromatic nitrogens is 2. The second-order valence-electron chi connectivity index (χ2n) is 6.12. The molecule has 1 aromatic carbocycles. The van der Waals surface area contributed by atoms with Gasteiger partial charge in [-0.15, -0.1) is 0 Å². The van der Waals surface area contributed by atoms with Gasteiger partial charge in [0.05, 0.1) is 6.33 Å². The highest BCUT2D eigenvalue weighted by atomic mass is 19.1. The molecule has 2 N–H and O–H groups in total. The zero-order chi connectivity index (χ0) is 16.4. The maximum Gasteiger partial charge on any atom is 0.251 e. The molecular formula is C17H21FN4O. The minimum Gasteiger partial charge on any atom is -0.352 e. The van der Waals surface area contributed by atoms with Gasteiger partial charge in [0.1, 0.15) is 5.82 Å². The minimum atomic E-state index is -0.324. The van der Waals surface area contributed by atoms with E-state index in [1.807, 2.05) is 17.8 Å². The molecule has 1 aromatic heterocycles. The van der Waals surface area contributed by atoms with Crippen molar-refractivity contribution in [3.63, 3.8) is 0 Å². The lowest BCUT2D eigenvalue weighted by Crippen LogP contribution is -2.32. The highest BCUT2D eigenvalue weighted by Gasteiger charge is 2.30. The predicted octanol–water partition coefficient (Wildman–Crippen LogP) is 1.60. The van der Waals surface area contributed by atoms with E-state index < -0.39 is 0 Å². The summed E-state index contributed by atoms with van der Waals surface area (Å²) in [6.07, 6.45) is 3.68. The highest BCUT2D eigenvalue weighted by Crippen LogP contribution is 2.27. The van der Waals surface area contributed by atoms with Crippen LogP contribution in [0.15, 0.2) is 30.7 Å². The molecule has 2 heterocycles. The molecule has 0 radical (unpaired) electrons. The van der Waals surface area contributed by atoms with Crippen LogP contribution in [-0.2, 0) is 7.05 Å². The van der Waals surface area contributed by atoms with E-state index in [2.05, 4.69) is 15.6 Å². The van der Waals surface area contributed by atoms with Crippen molar-refractivity contribution in [2.24, 2.45) is 13.0 Å². The van der Waals surface area contributed by atoms with Crippen LogP contribution in [0.3, 0.4) is 0 Å². The van der Waals surface area contributed by atoms with Crippen molar-refractivity contribution in [2.75, 3.05) is 19.6 Å². The zero-order valence-corrected chi connectivity index (χ0v) is 13.3. The molecule has 5 nitrogen and oxygen atoms in total. The monoisotopic (exact) mass is 316 g/mol. The van der Waals surface area contributed by atoms with Crippen molar-refractivity contribution in [2.45, 2.75) is 12.8 Å². The largest absolute Gasteiger partial charge is 0.352 e. The van der Waals surface area contributed by atoms with Crippen LogP contribution >= 0.6 is 0 Å². The first kappa shape index (κ1) is 15.7. The lowest BCUT2D eigenvalue weighted by Gasteiger charge is -2.19. The fourth-order valence-electron chi connectivity index (χ4n) is 3.22. The Morgan fingerprint density at radius 3 is 3.00 bits per heavy atom. The van der Waals surface area contributed by atoms with Crippen LogP contribution in [0.4, 0.5) is 4.39 Å². The van der Waals surface area contributed by atoms with Crippen LogP contribution in [0.25, 0.3) is 0 Å². The minimum absolute atomic E-state index is 0.154. The van der Waals surface area contributed by atoms with Crippen molar-refractivity contribution < 1.29 is 9.18 Å². The third-order valence-corrected chi connectivity index (χ3v) is 4.53. The SMILES string of the molecule is Cc1cc(F)ccc1C(=O)NC[C@@H]1CNC[C@H]1c1cncn1C. The summed E-state index contributed by atoms with van der Waals surface area (Å²) in [5, 5.41) is 6.36. The molecular weight excluding hydrogens is 295 g/mol. The highest BCUT2D eigenvalue weighted by molar-refractivity contribution is 5.95. The van der Waals surface area contributed by atoms with Gasteiger partial charge < -0.3 is 15.2 Å². The second-order valence-corrected chi connectivity index (χ2v) is 6.12. The molecule has 1 saturated heterocycles. The predicted molar refractivity (Wildman–Crippen MR) is 85.8 cm³/mol. The van der Waals surface area contributed by atoms with E-state index in [9.17, 15) is 9.18 Å². The molecule has 1 aliphatic heterocycles. The van der Waals surface area contributed by atoms with Crippen molar-refractivity contribution >= 4 is 5.91 Å². The Morgan fingerprint density at radius 1 is 1.48 bits per heavy atom. The van der Waals surface area contributed by atoms with Crippen LogP contribution in [0, 0.1) is 18.7 Å². The maximum absolute atomic E-state index is 13.1. The molecule has 3 rings (SSSR count). The Kier molecular flexibility index (Phi) is 4.43. The number of carbonyl (C=O) groups is 1. The van der Waals surface area contributed by atoms with Crippen LogP contribution < -0.4 is 10.6 Å². The van der Waals surface area contributed by atoms with Gasteiger partial charge in [-0.25, -0.2) is 9.37 Å². The molecule has 0 bridgehead atoms. The molecule has 0 spiro atoms. The van der Waals surface area contributed by atoms with Crippen molar-refractivity contribution in [3.05, 3.63) is 53.4 Å². The Balaban J connectivity index is 1.65. The average molecular weight is 316 g/mol. The summed E-state index contributed by atoms with van der Waals surface area (Å²) in [6, 6.07) is 4.23. The first-order valence-corrected chi connectivity index (χ1v) is 7.77. The number of amides is 1. The summed E-state index contributed by atoms with van der Waals surface area (Å²) in [5.41, 5.74) is 2.34. The first-order chi connectivity index (χ1) is 11.1. The summed E-state index contributed by atoms with van der Waals surface area (Å²) in [4.78, 5) is 16.5. The summed E-state index contributed by atoms with van der Waals surface area (Å²) in [7, 11) is 1.98. The maximum atomic E-state index is 13.1. The molecule has 1 aliphatic rings. The number of rotatable bonds is 4. The molecule has 2 atom stereocenters. The van der Waals surface area contributed by atoms with E-state index in [4.69, 9.17) is 0 Å². The molecule has 2 aromatic rings. The topological polar surface area (TPSA) is 59.0 Å². The molecule has 1 amide bonds. The molecule has 0 unspecified atom stereocenters. The van der Waals surface area contributed by atoms with Gasteiger partial charge in [-0.1, -0.05) is 0 Å². The first-order valence-electron chi connectivity index (χ1n) is 7.77. The number of nitrogens with one attached hydrogen (secondary N) is 2. The van der Waals surface area contributed by atoms with Crippen molar-refractivity contribution in [3.8, 4) is 0 Å². The number of aryl methyl sites for hydroxylation is 2. The van der Waals surface area contributed by atoms with Gasteiger partial charge in [-0.3, -0.25) is 4.79 Å². The van der Waals surface area contributed by atoms with Crippen LogP contribution in [-0.4, -0.2) is 35.1 Å². The fourth-order valence-corrected chi connectivity index (χ4v) is 3.22. The van der Waals surface area contributed by atoms with Gasteiger partial charge in [-0.2, -0.15) is 0 Å². The third-order valence-electron chi connectivity index (χ3n) is 4.53. The van der Waals surface area contributed by atoms with Crippen LogP contribution in [0.2, 0.25) is 0 Å². The standard InChI is InChI=1S/C17H21FN4O/c1-11-5-13(18)3-4-14(11)17(23)21-7-12-6-19-8-15(12)16-9-20-10-22(16)2/h3-5,9-10,12,15,19H,6-8H2,1-2H3,(H,21,23)/t12-,15+/m0/s1. The Hall–Kier alpha value is -2.21. The number of benzene rings is 1. The van der Waals surface area contributed by atoms with E-state index in [1.54, 1.807) is 13.3 Å². The summed E-state index contributed by atoms with van der Waals surface area (Å²) in [5.74, 6) is 0.167. The second kappa shape index (κ2) is 6.50. The molecule has 0 aliphatic carbocycles. The number of hydrogen-bond donors (Lipinski definition) is 2. The van der Waals surface area contributed by atoms with Gasteiger partial charge in [0.15, 0.2) is 0 Å². The van der Waals surface area contributed by atoms with E-state index >= 15 is 0 Å². The average Bonchev–Trinajstić information content (AvgIpc) is 3.12. The number of hydrogen-bond acceptors (Lipinski definition) is 3. The lowest BCUT2D eigenvalue weighted by molar-refractivity contribution is 0.0946. The van der Waals surface area contributed by atoms with E-state index in [0.717, 1.165) is 13.1 Å². The molecule has 122 valence electrons. The van der Waals surface area contributed by atoms with Gasteiger partial charge in [0, 0.05) is 50.1 Å². The van der Waals surface area contributed by atoms with Gasteiger partial charge in [0.2, 0.25) is 0 Å². The number of halogens is 1. The van der Waals surface area contributed by atoms with Gasteiger partial charge >= 0.3 is 0 Å². The van der Waals surface area contributed by atoms with Gasteiger partial charge in [0.25, 0.3) is 5.91 Å². The zero-order valence-electron chi connectivity index (χ0n) is 13.3. The smallest absolute Gasteiger partial charge is 0.251 e. The number of imidazole rings is 1. The summed E-state index contributed by atoms with van der Waals surface area (Å²) < 4.78 is 15.2. The normalized spacial score (nSPS) is 20.7. The van der Waals surface area contributed by atoms with E-state index in [0.29, 0.717) is 29.5 Å². The summed E-state index contributed by atoms with van der Waals surface area (Å²) >= 11 is 0. The molecule has 0 saturated carbocycles. The summed E-state index contributed by atoms with van der Waals surface area (Å²) in [6.45, 7) is 4.07. The molecule has 1 fully saturated rings. The Morgan fingerprint density at radius 2 is 2.30 bits per heavy atom. The number of carbonyl (C=O) groups excluding carboxylic acids is 1. The van der Waals surface area contributed by atoms with E-state index in [-0.39, 0.29) is 11.7 Å². The quantitative estimate of drug-likeness (QED) is 0.901. The van der Waals surface area contributed by atoms with Crippen LogP contribution in [0.1, 0.15) is 27.5 Å². The van der Waals surface area contributed by atoms with Crippen LogP contribution in [0.5, 0.6) is 0 Å². The Labute approximate surface area is 134 Å². The number of nitrogens with zero attached hydrogens (tertiary/aromatic N) is 2. The lowest BCUT2D eigenvalue weighted by atomic mass is 9.93. The Bertz CT molecular complexity index is 712.